The number of aromatic hydroxyl groups is 1. The second kappa shape index (κ2) is 16.7. The number of carboxylic acids is 1. The standard InChI is InChI=1S/C29H27N9O10S3/c30-20-5-3-16-12-19(50-48-47-43)14-22(40)24(16)25(20)37-36-21-13-18(4-6-23(21)51(44,45)46)32-28-33-27(31-7-10-49-11-9-39)34-29(35-28)38-8-1-2-17(15-38)26(41)42/h1-6,8,12-15,39H,7,9-11,30H2,(H5-,31,32,33,34,35,40,41,42,43,44,45,46)/p+1. The van der Waals surface area contributed by atoms with Crippen LogP contribution in [0.25, 0.3) is 16.7 Å². The van der Waals surface area contributed by atoms with E-state index in [-0.39, 0.29) is 63.9 Å². The Labute approximate surface area is 297 Å². The molecule has 0 saturated carbocycles. The lowest BCUT2D eigenvalue weighted by Gasteiger charge is -2.10. The number of azo groups is 1. The van der Waals surface area contributed by atoms with Crippen molar-refractivity contribution in [2.75, 3.05) is 41.0 Å². The number of nitrogens with two attached hydrogens (primary N) is 1. The van der Waals surface area contributed by atoms with E-state index in [4.69, 9.17) is 16.1 Å². The summed E-state index contributed by atoms with van der Waals surface area (Å²) in [6, 6.07) is 12.5. The maximum atomic E-state index is 12.3. The Balaban J connectivity index is 1.53. The summed E-state index contributed by atoms with van der Waals surface area (Å²) in [5.74, 6) is -0.172. The van der Waals surface area contributed by atoms with Crippen LogP contribution < -0.4 is 20.9 Å². The van der Waals surface area contributed by atoms with Crippen LogP contribution in [-0.2, 0) is 19.5 Å². The van der Waals surface area contributed by atoms with Gasteiger partial charge >= 0.3 is 23.8 Å². The zero-order valence-corrected chi connectivity index (χ0v) is 28.4. The Bertz CT molecular complexity index is 2210. The first-order valence-corrected chi connectivity index (χ1v) is 17.7. The van der Waals surface area contributed by atoms with Gasteiger partial charge in [0.25, 0.3) is 10.1 Å². The largest absolute Gasteiger partial charge is 0.507 e. The van der Waals surface area contributed by atoms with Crippen molar-refractivity contribution in [1.29, 1.82) is 0 Å². The average Bonchev–Trinajstić information content (AvgIpc) is 3.10. The molecule has 5 aromatic rings. The average molecular weight is 759 g/mol. The number of aliphatic hydroxyl groups excluding tert-OH is 1. The Morgan fingerprint density at radius 1 is 1.04 bits per heavy atom. The molecule has 0 aliphatic rings. The molecule has 266 valence electrons. The summed E-state index contributed by atoms with van der Waals surface area (Å²) >= 11 is 2.11. The van der Waals surface area contributed by atoms with Gasteiger partial charge in [-0.25, -0.2) is 14.6 Å². The van der Waals surface area contributed by atoms with Crippen molar-refractivity contribution in [2.24, 2.45) is 10.2 Å². The second-order valence-electron chi connectivity index (χ2n) is 10.1. The number of carboxylic acid groups (broad SMARTS) is 1. The van der Waals surface area contributed by atoms with Gasteiger partial charge in [-0.05, 0) is 63.9 Å². The van der Waals surface area contributed by atoms with Gasteiger partial charge in [-0.1, -0.05) is 11.1 Å². The molecule has 22 heteroatoms. The van der Waals surface area contributed by atoms with Gasteiger partial charge in [0.15, 0.2) is 0 Å². The molecule has 0 amide bonds. The number of aliphatic hydroxyl groups is 1. The Morgan fingerprint density at radius 2 is 1.84 bits per heavy atom. The number of rotatable bonds is 16. The van der Waals surface area contributed by atoms with E-state index < -0.39 is 21.0 Å². The number of hydrogen-bond acceptors (Lipinski definition) is 18. The number of anilines is 4. The van der Waals surface area contributed by atoms with Crippen molar-refractivity contribution < 1.29 is 52.3 Å². The highest BCUT2D eigenvalue weighted by Crippen LogP contribution is 2.42. The van der Waals surface area contributed by atoms with Crippen LogP contribution in [0.3, 0.4) is 0 Å². The third kappa shape index (κ3) is 9.53. The molecule has 0 radical (unpaired) electrons. The number of hydrogen-bond donors (Lipinski definition) is 8. The van der Waals surface area contributed by atoms with Crippen LogP contribution in [0.4, 0.5) is 34.6 Å². The Hall–Kier alpha value is -5.20. The first-order valence-electron chi connectivity index (χ1n) is 14.4. The van der Waals surface area contributed by atoms with E-state index >= 15 is 0 Å². The first kappa shape index (κ1) is 37.1. The Morgan fingerprint density at radius 3 is 2.59 bits per heavy atom. The van der Waals surface area contributed by atoms with E-state index in [9.17, 15) is 28.0 Å². The number of nitrogens with zero attached hydrogens (tertiary/aromatic N) is 6. The van der Waals surface area contributed by atoms with Crippen molar-refractivity contribution in [3.8, 4) is 11.7 Å². The summed E-state index contributed by atoms with van der Waals surface area (Å²) < 4.78 is 40.4. The highest BCUT2D eigenvalue weighted by molar-refractivity contribution is 7.99. The minimum atomic E-state index is -4.81. The van der Waals surface area contributed by atoms with Crippen molar-refractivity contribution in [3.05, 3.63) is 72.6 Å². The monoisotopic (exact) mass is 758 g/mol. The lowest BCUT2D eigenvalue weighted by Crippen LogP contribution is -2.34. The summed E-state index contributed by atoms with van der Waals surface area (Å²) in [4.78, 5) is 24.5. The highest BCUT2D eigenvalue weighted by atomic mass is 32.2. The number of pyridine rings is 1. The lowest BCUT2D eigenvalue weighted by atomic mass is 10.1. The Kier molecular flexibility index (Phi) is 12.1. The van der Waals surface area contributed by atoms with E-state index in [1.165, 1.54) is 58.9 Å². The van der Waals surface area contributed by atoms with Crippen LogP contribution in [-0.4, -0.2) is 79.1 Å². The lowest BCUT2D eigenvalue weighted by molar-refractivity contribution is -0.603. The summed E-state index contributed by atoms with van der Waals surface area (Å²) in [6.45, 7) is 0.442. The van der Waals surface area contributed by atoms with Gasteiger partial charge < -0.3 is 31.7 Å². The first-order chi connectivity index (χ1) is 24.5. The van der Waals surface area contributed by atoms with E-state index in [0.717, 1.165) is 6.07 Å². The number of nitrogen functional groups attached to an aromatic ring is 1. The minimum Gasteiger partial charge on any atom is -0.507 e. The van der Waals surface area contributed by atoms with Crippen LogP contribution in [0.5, 0.6) is 5.75 Å². The molecule has 2 aromatic heterocycles. The van der Waals surface area contributed by atoms with Crippen molar-refractivity contribution in [2.45, 2.75) is 9.79 Å². The van der Waals surface area contributed by atoms with E-state index in [2.05, 4.69) is 45.2 Å². The normalized spacial score (nSPS) is 11.7. The molecule has 0 aliphatic carbocycles. The van der Waals surface area contributed by atoms with E-state index in [1.807, 2.05) is 0 Å². The van der Waals surface area contributed by atoms with Crippen LogP contribution in [0.2, 0.25) is 0 Å². The number of aromatic carboxylic acids is 1. The summed E-state index contributed by atoms with van der Waals surface area (Å²) in [5, 5.41) is 56.1. The maximum absolute atomic E-state index is 12.3. The number of phenolic OH excluding ortho intramolecular Hbond substituents is 1. The number of aromatic nitrogens is 4. The van der Waals surface area contributed by atoms with Gasteiger partial charge in [0.1, 0.15) is 22.0 Å². The van der Waals surface area contributed by atoms with Crippen molar-refractivity contribution >= 4 is 85.3 Å². The fourth-order valence-corrected chi connectivity index (χ4v) is 6.12. The number of thioether (sulfide) groups is 1. The predicted molar refractivity (Wildman–Crippen MR) is 186 cm³/mol. The fraction of sp³-hybridized carbons (Fsp3) is 0.138. The summed E-state index contributed by atoms with van der Waals surface area (Å²) in [5.41, 5.74) is 6.06. The molecular weight excluding hydrogens is 731 g/mol. The molecule has 0 fully saturated rings. The zero-order chi connectivity index (χ0) is 36.5. The third-order valence-electron chi connectivity index (χ3n) is 6.65. The zero-order valence-electron chi connectivity index (χ0n) is 25.9. The van der Waals surface area contributed by atoms with E-state index in [1.54, 1.807) is 18.3 Å². The molecule has 0 aliphatic heterocycles. The second-order valence-corrected chi connectivity index (χ2v) is 13.5. The minimum absolute atomic E-state index is 0.0175. The summed E-state index contributed by atoms with van der Waals surface area (Å²) in [7, 11) is -4.81. The number of benzene rings is 3. The van der Waals surface area contributed by atoms with Crippen LogP contribution in [0, 0.1) is 0 Å². The highest BCUT2D eigenvalue weighted by Gasteiger charge is 2.22. The SMILES string of the molecule is Nc1ccc2cc(SOOO)cc(O)c2c1N=Nc1cc(Nc2nc(NCCSCCO)nc(-[n+]3cccc(C(=O)O)c3)n2)ccc1S(=O)(=O)O. The van der Waals surface area contributed by atoms with Crippen LogP contribution in [0.15, 0.2) is 87.0 Å². The topological polar surface area (TPSA) is 288 Å². The predicted octanol–water partition coefficient (Wildman–Crippen LogP) is 4.26. The molecule has 0 bridgehead atoms. The molecule has 2 heterocycles. The van der Waals surface area contributed by atoms with Gasteiger partial charge in [0.05, 0.1) is 47.7 Å². The summed E-state index contributed by atoms with van der Waals surface area (Å²) in [6.07, 6.45) is 2.86. The maximum Gasteiger partial charge on any atom is 0.444 e. The molecule has 0 spiro atoms. The number of fused-ring (bicyclic) bond motifs is 1. The number of phenols is 1. The van der Waals surface area contributed by atoms with Gasteiger partial charge in [0.2, 0.25) is 0 Å². The fourth-order valence-electron chi connectivity index (χ4n) is 4.49. The van der Waals surface area contributed by atoms with E-state index in [0.29, 0.717) is 40.4 Å². The van der Waals surface area contributed by atoms with Crippen molar-refractivity contribution in [1.82, 2.24) is 15.0 Å². The van der Waals surface area contributed by atoms with Gasteiger partial charge in [0, 0.05) is 28.6 Å². The van der Waals surface area contributed by atoms with Crippen LogP contribution >= 0.6 is 23.8 Å². The molecule has 0 saturated heterocycles. The van der Waals surface area contributed by atoms with Gasteiger partial charge in [-0.3, -0.25) is 4.55 Å². The van der Waals surface area contributed by atoms with Gasteiger partial charge in [-0.2, -0.15) is 20.2 Å². The number of carbonyl (C=O) groups is 1. The molecule has 19 nitrogen and oxygen atoms in total. The molecule has 0 atom stereocenters. The molecule has 51 heavy (non-hydrogen) atoms. The molecule has 9 N–H and O–H groups in total. The molecular formula is C29H28N9O10S3+. The quantitative estimate of drug-likeness (QED) is 0.0102. The third-order valence-corrected chi connectivity index (χ3v) is 9.08. The molecule has 0 unspecified atom stereocenters. The van der Waals surface area contributed by atoms with Gasteiger partial charge in [-0.15, -0.1) is 19.5 Å². The van der Waals surface area contributed by atoms with Crippen LogP contribution in [0.1, 0.15) is 10.4 Å². The molecule has 5 rings (SSSR count). The molecule has 3 aromatic carbocycles. The smallest absolute Gasteiger partial charge is 0.444 e. The number of nitrogens with one attached hydrogen (secondary N) is 2. The van der Waals surface area contributed by atoms with Crippen molar-refractivity contribution in [3.63, 3.8) is 0 Å².